The fourth-order valence-corrected chi connectivity index (χ4v) is 1.29. The van der Waals surface area contributed by atoms with Crippen molar-refractivity contribution in [3.63, 3.8) is 0 Å². The molecule has 0 aliphatic carbocycles. The number of phenols is 1. The number of benzene rings is 1. The minimum atomic E-state index is -4.68. The molecule has 0 radical (unpaired) electrons. The topological polar surface area (TPSA) is 75.4 Å². The van der Waals surface area contributed by atoms with Crippen LogP contribution >= 0.6 is 0 Å². The summed E-state index contributed by atoms with van der Waals surface area (Å²) in [6, 6.07) is 4.97. The Morgan fingerprint density at radius 1 is 1.32 bits per heavy atom. The molecule has 0 atom stereocenters. The van der Waals surface area contributed by atoms with Crippen molar-refractivity contribution >= 4 is 11.9 Å². The molecule has 0 bridgehead atoms. The maximum Gasteiger partial charge on any atom is 0.451 e. The Balaban J connectivity index is 2.16. The van der Waals surface area contributed by atoms with Gasteiger partial charge in [0.2, 0.25) is 5.76 Å². The van der Waals surface area contributed by atoms with Crippen LogP contribution in [0.5, 0.6) is 5.75 Å². The van der Waals surface area contributed by atoms with Gasteiger partial charge in [0.25, 0.3) is 5.91 Å². The number of para-hydroxylation sites is 1. The lowest BCUT2D eigenvalue weighted by Gasteiger charge is -2.03. The average Bonchev–Trinajstić information content (AvgIpc) is 2.77. The van der Waals surface area contributed by atoms with E-state index in [-0.39, 0.29) is 11.3 Å². The number of aromatic nitrogens is 1. The van der Waals surface area contributed by atoms with Gasteiger partial charge in [0.05, 0.1) is 11.8 Å². The Hall–Kier alpha value is -2.51. The monoisotopic (exact) mass is 272 g/mol. The first kappa shape index (κ1) is 12.9. The summed E-state index contributed by atoms with van der Waals surface area (Å²) in [6.45, 7) is 0. The summed E-state index contributed by atoms with van der Waals surface area (Å²) in [5, 5.41) is 11.4. The third-order valence-electron chi connectivity index (χ3n) is 2.15. The second kappa shape index (κ2) is 4.63. The predicted molar refractivity (Wildman–Crippen MR) is 57.6 cm³/mol. The largest absolute Gasteiger partial charge is 0.507 e. The number of rotatable bonds is 2. The van der Waals surface area contributed by atoms with Crippen molar-refractivity contribution in [1.29, 1.82) is 0 Å². The van der Waals surface area contributed by atoms with Crippen LogP contribution in [-0.4, -0.2) is 16.0 Å². The number of nitrogens with zero attached hydrogens (tertiary/aromatic N) is 1. The molecule has 0 aliphatic rings. The Morgan fingerprint density at radius 2 is 2.00 bits per heavy atom. The van der Waals surface area contributed by atoms with Crippen LogP contribution in [0.2, 0.25) is 0 Å². The van der Waals surface area contributed by atoms with E-state index in [0.717, 1.165) is 0 Å². The van der Waals surface area contributed by atoms with Crippen molar-refractivity contribution in [2.24, 2.45) is 0 Å². The summed E-state index contributed by atoms with van der Waals surface area (Å²) < 4.78 is 41.0. The molecule has 2 N–H and O–H groups in total. The molecule has 0 saturated heterocycles. The summed E-state index contributed by atoms with van der Waals surface area (Å²) in [4.78, 5) is 14.9. The van der Waals surface area contributed by atoms with Gasteiger partial charge in [0, 0.05) is 0 Å². The normalized spacial score (nSPS) is 11.3. The minimum absolute atomic E-state index is 0.103. The van der Waals surface area contributed by atoms with Crippen LogP contribution in [0.15, 0.2) is 34.9 Å². The van der Waals surface area contributed by atoms with Gasteiger partial charge in [-0.25, -0.2) is 4.98 Å². The van der Waals surface area contributed by atoms with E-state index in [1.54, 1.807) is 0 Å². The number of hydrogen-bond donors (Lipinski definition) is 2. The first-order chi connectivity index (χ1) is 8.88. The highest BCUT2D eigenvalue weighted by Crippen LogP contribution is 2.30. The van der Waals surface area contributed by atoms with Gasteiger partial charge in [-0.15, -0.1) is 0 Å². The SMILES string of the molecule is O=C(Nc1ncc(C(F)(F)F)o1)c1ccccc1O. The Kier molecular flexibility index (Phi) is 3.16. The number of carbonyl (C=O) groups is 1. The molecule has 0 unspecified atom stereocenters. The fraction of sp³-hybridized carbons (Fsp3) is 0.0909. The van der Waals surface area contributed by atoms with E-state index in [0.29, 0.717) is 6.20 Å². The molecule has 0 spiro atoms. The third kappa shape index (κ3) is 2.84. The number of halogens is 3. The number of phenolic OH excluding ortho intramolecular Hbond substituents is 1. The maximum absolute atomic E-state index is 12.2. The molecule has 1 aromatic heterocycles. The van der Waals surface area contributed by atoms with Gasteiger partial charge in [0.15, 0.2) is 0 Å². The van der Waals surface area contributed by atoms with Crippen molar-refractivity contribution < 1.29 is 27.5 Å². The molecule has 0 aliphatic heterocycles. The van der Waals surface area contributed by atoms with Crippen molar-refractivity contribution in [1.82, 2.24) is 4.98 Å². The van der Waals surface area contributed by atoms with Gasteiger partial charge >= 0.3 is 12.2 Å². The second-order valence-corrected chi connectivity index (χ2v) is 3.50. The van der Waals surface area contributed by atoms with Crippen LogP contribution in [0.3, 0.4) is 0 Å². The van der Waals surface area contributed by atoms with Gasteiger partial charge in [-0.3, -0.25) is 10.1 Å². The number of alkyl halides is 3. The highest BCUT2D eigenvalue weighted by Gasteiger charge is 2.35. The number of carbonyl (C=O) groups excluding carboxylic acids is 1. The van der Waals surface area contributed by atoms with Crippen molar-refractivity contribution in [2.75, 3.05) is 5.32 Å². The molecule has 1 heterocycles. The summed E-state index contributed by atoms with van der Waals surface area (Å²) >= 11 is 0. The number of nitrogens with one attached hydrogen (secondary N) is 1. The minimum Gasteiger partial charge on any atom is -0.507 e. The Labute approximate surface area is 104 Å². The van der Waals surface area contributed by atoms with E-state index in [1.165, 1.54) is 24.3 Å². The molecule has 100 valence electrons. The number of amides is 1. The lowest BCUT2D eigenvalue weighted by atomic mass is 10.2. The van der Waals surface area contributed by atoms with Gasteiger partial charge < -0.3 is 9.52 Å². The first-order valence-electron chi connectivity index (χ1n) is 5.00. The van der Waals surface area contributed by atoms with Crippen molar-refractivity contribution in [3.8, 4) is 5.75 Å². The number of aromatic hydroxyl groups is 1. The molecule has 8 heteroatoms. The van der Waals surface area contributed by atoms with E-state index in [9.17, 15) is 23.1 Å². The summed E-state index contributed by atoms with van der Waals surface area (Å²) in [5.41, 5.74) is -0.103. The van der Waals surface area contributed by atoms with Crippen LogP contribution in [0.1, 0.15) is 16.1 Å². The zero-order chi connectivity index (χ0) is 14.0. The Bertz CT molecular complexity index is 607. The molecular formula is C11H7F3N2O3. The zero-order valence-corrected chi connectivity index (χ0v) is 9.23. The molecule has 2 rings (SSSR count). The highest BCUT2D eigenvalue weighted by atomic mass is 19.4. The van der Waals surface area contributed by atoms with E-state index in [4.69, 9.17) is 0 Å². The van der Waals surface area contributed by atoms with Crippen molar-refractivity contribution in [3.05, 3.63) is 41.8 Å². The van der Waals surface area contributed by atoms with Gasteiger partial charge in [0.1, 0.15) is 5.75 Å². The molecule has 0 saturated carbocycles. The van der Waals surface area contributed by atoms with E-state index < -0.39 is 23.9 Å². The van der Waals surface area contributed by atoms with Crippen molar-refractivity contribution in [2.45, 2.75) is 6.18 Å². The summed E-state index contributed by atoms with van der Waals surface area (Å²) in [6.07, 6.45) is -4.22. The molecule has 1 aromatic carbocycles. The van der Waals surface area contributed by atoms with Crippen LogP contribution in [-0.2, 0) is 6.18 Å². The highest BCUT2D eigenvalue weighted by molar-refractivity contribution is 6.05. The molecular weight excluding hydrogens is 265 g/mol. The van der Waals surface area contributed by atoms with Crippen LogP contribution < -0.4 is 5.32 Å². The van der Waals surface area contributed by atoms with Crippen LogP contribution in [0, 0.1) is 0 Å². The Morgan fingerprint density at radius 3 is 2.58 bits per heavy atom. The van der Waals surface area contributed by atoms with Crippen LogP contribution in [0.25, 0.3) is 0 Å². The smallest absolute Gasteiger partial charge is 0.451 e. The van der Waals surface area contributed by atoms with Gasteiger partial charge in [-0.05, 0) is 12.1 Å². The predicted octanol–water partition coefficient (Wildman–Crippen LogP) is 2.65. The van der Waals surface area contributed by atoms with E-state index in [1.807, 2.05) is 5.32 Å². The fourth-order valence-electron chi connectivity index (χ4n) is 1.29. The molecule has 19 heavy (non-hydrogen) atoms. The quantitative estimate of drug-likeness (QED) is 0.881. The number of oxazole rings is 1. The summed E-state index contributed by atoms with van der Waals surface area (Å²) in [5.74, 6) is -2.45. The third-order valence-corrected chi connectivity index (χ3v) is 2.15. The summed E-state index contributed by atoms with van der Waals surface area (Å²) in [7, 11) is 0. The first-order valence-corrected chi connectivity index (χ1v) is 5.00. The average molecular weight is 272 g/mol. The lowest BCUT2D eigenvalue weighted by molar-refractivity contribution is -0.152. The second-order valence-electron chi connectivity index (χ2n) is 3.50. The van der Waals surface area contributed by atoms with Gasteiger partial charge in [-0.2, -0.15) is 13.2 Å². The van der Waals surface area contributed by atoms with Gasteiger partial charge in [-0.1, -0.05) is 12.1 Å². The van der Waals surface area contributed by atoms with E-state index in [2.05, 4.69) is 9.40 Å². The number of hydrogen-bond acceptors (Lipinski definition) is 4. The van der Waals surface area contributed by atoms with Crippen LogP contribution in [0.4, 0.5) is 19.2 Å². The zero-order valence-electron chi connectivity index (χ0n) is 9.23. The standard InChI is InChI=1S/C11H7F3N2O3/c12-11(13,14)8-5-15-10(19-8)16-9(18)6-3-1-2-4-7(6)17/h1-5,17H,(H,15,16,18). The molecule has 0 fully saturated rings. The molecule has 1 amide bonds. The van der Waals surface area contributed by atoms with E-state index >= 15 is 0 Å². The number of anilines is 1. The lowest BCUT2D eigenvalue weighted by Crippen LogP contribution is -2.12. The maximum atomic E-state index is 12.2. The molecule has 2 aromatic rings. The molecule has 5 nitrogen and oxygen atoms in total.